The number of aromatic nitrogens is 1. The van der Waals surface area contributed by atoms with Crippen molar-refractivity contribution < 1.29 is 19.1 Å². The Hall–Kier alpha value is -2.76. The van der Waals surface area contributed by atoms with Gasteiger partial charge in [0.15, 0.2) is 17.3 Å². The van der Waals surface area contributed by atoms with E-state index in [1.165, 1.54) is 6.92 Å². The lowest BCUT2D eigenvalue weighted by Gasteiger charge is -2.18. The molecule has 6 heteroatoms. The summed E-state index contributed by atoms with van der Waals surface area (Å²) in [5.74, 6) is 1.10. The molecule has 0 bridgehead atoms. The fourth-order valence-corrected chi connectivity index (χ4v) is 3.31. The monoisotopic (exact) mass is 400 g/mol. The van der Waals surface area contributed by atoms with Crippen LogP contribution in [0.3, 0.4) is 0 Å². The number of H-pyrrole nitrogens is 1. The van der Waals surface area contributed by atoms with Crippen LogP contribution < -0.4 is 14.8 Å². The summed E-state index contributed by atoms with van der Waals surface area (Å²) in [4.78, 5) is 27.7. The molecule has 0 fully saturated rings. The first-order valence-electron chi connectivity index (χ1n) is 10.2. The van der Waals surface area contributed by atoms with E-state index in [0.717, 1.165) is 18.4 Å². The lowest BCUT2D eigenvalue weighted by molar-refractivity contribution is 0.0934. The Bertz CT molecular complexity index is 870. The van der Waals surface area contributed by atoms with Gasteiger partial charge in [-0.2, -0.15) is 0 Å². The summed E-state index contributed by atoms with van der Waals surface area (Å²) in [6, 6.07) is 5.49. The van der Waals surface area contributed by atoms with Gasteiger partial charge in [0.1, 0.15) is 5.69 Å². The van der Waals surface area contributed by atoms with Gasteiger partial charge in [-0.1, -0.05) is 19.9 Å². The van der Waals surface area contributed by atoms with E-state index in [-0.39, 0.29) is 17.7 Å². The second-order valence-corrected chi connectivity index (χ2v) is 7.28. The topological polar surface area (TPSA) is 80.4 Å². The number of amides is 1. The maximum Gasteiger partial charge on any atom is 0.268 e. The molecule has 0 saturated carbocycles. The lowest BCUT2D eigenvalue weighted by atomic mass is 10.1. The smallest absolute Gasteiger partial charge is 0.268 e. The second kappa shape index (κ2) is 10.1. The summed E-state index contributed by atoms with van der Waals surface area (Å²) in [5, 5.41) is 3.00. The molecule has 6 nitrogen and oxygen atoms in total. The molecule has 2 rings (SSSR count). The zero-order chi connectivity index (χ0) is 21.6. The Morgan fingerprint density at radius 2 is 1.69 bits per heavy atom. The van der Waals surface area contributed by atoms with Crippen molar-refractivity contribution >= 4 is 11.7 Å². The van der Waals surface area contributed by atoms with E-state index in [1.54, 1.807) is 13.8 Å². The summed E-state index contributed by atoms with van der Waals surface area (Å²) >= 11 is 0. The molecule has 1 aromatic carbocycles. The predicted octanol–water partition coefficient (Wildman–Crippen LogP) is 4.90. The number of ether oxygens (including phenoxy) is 2. The number of hydrogen-bond acceptors (Lipinski definition) is 4. The Morgan fingerprint density at radius 3 is 2.24 bits per heavy atom. The molecule has 0 aliphatic rings. The standard InChI is InChI=1S/C23H32N2O4/c1-7-11-28-19-10-9-18(13-20(19)29-12-8-2)15(4)25-23(27)22-14(3)21(17(6)26)16(5)24-22/h9-10,13,15,24H,7-8,11-12H2,1-6H3,(H,25,27). The zero-order valence-corrected chi connectivity index (χ0v) is 18.3. The number of Topliss-reactive ketones (excluding diaryl/α,β-unsaturated/α-hetero) is 1. The highest BCUT2D eigenvalue weighted by Crippen LogP contribution is 2.31. The minimum Gasteiger partial charge on any atom is -0.490 e. The summed E-state index contributed by atoms with van der Waals surface area (Å²) in [5.41, 5.74) is 3.30. The van der Waals surface area contributed by atoms with E-state index in [4.69, 9.17) is 9.47 Å². The SMILES string of the molecule is CCCOc1ccc(C(C)NC(=O)c2[nH]c(C)c(C(C)=O)c2C)cc1OCCC. The number of aryl methyl sites for hydroxylation is 1. The molecule has 2 aromatic rings. The highest BCUT2D eigenvalue weighted by Gasteiger charge is 2.21. The average Bonchev–Trinajstić information content (AvgIpc) is 2.99. The molecule has 0 spiro atoms. The Morgan fingerprint density at radius 1 is 1.07 bits per heavy atom. The first kappa shape index (κ1) is 22.5. The maximum absolute atomic E-state index is 12.8. The number of carbonyl (C=O) groups is 2. The summed E-state index contributed by atoms with van der Waals surface area (Å²) in [7, 11) is 0. The third-order valence-corrected chi connectivity index (χ3v) is 4.76. The van der Waals surface area contributed by atoms with Crippen molar-refractivity contribution in [2.45, 2.75) is 60.4 Å². The van der Waals surface area contributed by atoms with Gasteiger partial charge >= 0.3 is 0 Å². The molecule has 1 unspecified atom stereocenters. The molecule has 0 aliphatic heterocycles. The van der Waals surface area contributed by atoms with Crippen LogP contribution in [0.5, 0.6) is 11.5 Å². The van der Waals surface area contributed by atoms with Crippen LogP contribution in [0.2, 0.25) is 0 Å². The number of hydrogen-bond donors (Lipinski definition) is 2. The first-order chi connectivity index (χ1) is 13.8. The minimum atomic E-state index is -0.243. The van der Waals surface area contributed by atoms with E-state index in [0.29, 0.717) is 47.2 Å². The first-order valence-corrected chi connectivity index (χ1v) is 10.2. The fraction of sp³-hybridized carbons (Fsp3) is 0.478. The van der Waals surface area contributed by atoms with Crippen LogP contribution in [0.25, 0.3) is 0 Å². The third-order valence-electron chi connectivity index (χ3n) is 4.76. The maximum atomic E-state index is 12.8. The van der Waals surface area contributed by atoms with Crippen molar-refractivity contribution in [1.29, 1.82) is 0 Å². The van der Waals surface area contributed by atoms with Gasteiger partial charge in [0.05, 0.1) is 19.3 Å². The molecular weight excluding hydrogens is 368 g/mol. The summed E-state index contributed by atoms with van der Waals surface area (Å²) in [6.45, 7) is 12.3. The van der Waals surface area contributed by atoms with Crippen molar-refractivity contribution in [2.75, 3.05) is 13.2 Å². The Labute approximate surface area is 173 Å². The van der Waals surface area contributed by atoms with Crippen LogP contribution in [-0.4, -0.2) is 29.9 Å². The van der Waals surface area contributed by atoms with Gasteiger partial charge in [0.25, 0.3) is 5.91 Å². The van der Waals surface area contributed by atoms with E-state index >= 15 is 0 Å². The predicted molar refractivity (Wildman–Crippen MR) is 114 cm³/mol. The minimum absolute atomic E-state index is 0.0521. The van der Waals surface area contributed by atoms with Gasteiger partial charge in [-0.05, 0) is 63.8 Å². The third kappa shape index (κ3) is 5.40. The normalized spacial score (nSPS) is 11.8. The zero-order valence-electron chi connectivity index (χ0n) is 18.3. The molecule has 1 aromatic heterocycles. The molecule has 0 radical (unpaired) electrons. The molecule has 0 saturated heterocycles. The van der Waals surface area contributed by atoms with Gasteiger partial charge in [0.2, 0.25) is 0 Å². The van der Waals surface area contributed by atoms with Crippen LogP contribution >= 0.6 is 0 Å². The second-order valence-electron chi connectivity index (χ2n) is 7.28. The number of ketones is 1. The van der Waals surface area contributed by atoms with E-state index in [9.17, 15) is 9.59 Å². The summed E-state index contributed by atoms with van der Waals surface area (Å²) < 4.78 is 11.6. The van der Waals surface area contributed by atoms with E-state index in [2.05, 4.69) is 24.1 Å². The molecular formula is C23H32N2O4. The van der Waals surface area contributed by atoms with Gasteiger partial charge < -0.3 is 19.8 Å². The number of rotatable bonds is 10. The van der Waals surface area contributed by atoms with Crippen LogP contribution in [0.15, 0.2) is 18.2 Å². The summed E-state index contributed by atoms with van der Waals surface area (Å²) in [6.07, 6.45) is 1.81. The molecule has 158 valence electrons. The van der Waals surface area contributed by atoms with E-state index < -0.39 is 0 Å². The molecule has 2 N–H and O–H groups in total. The van der Waals surface area contributed by atoms with Crippen molar-refractivity contribution in [3.05, 3.63) is 46.3 Å². The van der Waals surface area contributed by atoms with Crippen molar-refractivity contribution in [2.24, 2.45) is 0 Å². The molecule has 1 atom stereocenters. The lowest BCUT2D eigenvalue weighted by Crippen LogP contribution is -2.27. The van der Waals surface area contributed by atoms with Crippen molar-refractivity contribution in [1.82, 2.24) is 10.3 Å². The van der Waals surface area contributed by atoms with Gasteiger partial charge in [-0.15, -0.1) is 0 Å². The molecule has 0 aliphatic carbocycles. The Kier molecular flexibility index (Phi) is 7.88. The van der Waals surface area contributed by atoms with Crippen LogP contribution in [0.4, 0.5) is 0 Å². The highest BCUT2D eigenvalue weighted by molar-refractivity contribution is 6.02. The number of benzene rings is 1. The van der Waals surface area contributed by atoms with Crippen LogP contribution in [0.1, 0.15) is 84.2 Å². The number of carbonyl (C=O) groups excluding carboxylic acids is 2. The van der Waals surface area contributed by atoms with Crippen LogP contribution in [-0.2, 0) is 0 Å². The van der Waals surface area contributed by atoms with Gasteiger partial charge in [-0.3, -0.25) is 9.59 Å². The van der Waals surface area contributed by atoms with Crippen LogP contribution in [0, 0.1) is 13.8 Å². The Balaban J connectivity index is 2.21. The van der Waals surface area contributed by atoms with Gasteiger partial charge in [-0.25, -0.2) is 0 Å². The van der Waals surface area contributed by atoms with E-state index in [1.807, 2.05) is 25.1 Å². The fourth-order valence-electron chi connectivity index (χ4n) is 3.31. The van der Waals surface area contributed by atoms with Crippen molar-refractivity contribution in [3.8, 4) is 11.5 Å². The molecule has 29 heavy (non-hydrogen) atoms. The van der Waals surface area contributed by atoms with Gasteiger partial charge in [0, 0.05) is 11.3 Å². The number of nitrogens with one attached hydrogen (secondary N) is 2. The number of aromatic amines is 1. The van der Waals surface area contributed by atoms with Crippen molar-refractivity contribution in [3.63, 3.8) is 0 Å². The molecule has 1 heterocycles. The average molecular weight is 401 g/mol. The largest absolute Gasteiger partial charge is 0.490 e. The molecule has 1 amide bonds. The highest BCUT2D eigenvalue weighted by atomic mass is 16.5. The quantitative estimate of drug-likeness (QED) is 0.556.